The number of aromatic amines is 1. The molecule has 0 saturated carbocycles. The molecule has 0 aliphatic rings. The number of thioether (sulfide) groups is 1. The Balaban J connectivity index is 2.57. The van der Waals surface area contributed by atoms with Crippen molar-refractivity contribution in [2.45, 2.75) is 6.54 Å². The van der Waals surface area contributed by atoms with Crippen LogP contribution >= 0.6 is 24.0 Å². The first-order chi connectivity index (χ1) is 7.77. The maximum atomic E-state index is 5.25. The minimum absolute atomic E-state index is 0.527. The molecule has 0 aliphatic carbocycles. The van der Waals surface area contributed by atoms with Gasteiger partial charge >= 0.3 is 0 Å². The number of imidazole rings is 1. The highest BCUT2D eigenvalue weighted by molar-refractivity contribution is 7.98. The van der Waals surface area contributed by atoms with Crippen LogP contribution in [0.1, 0.15) is 0 Å². The summed E-state index contributed by atoms with van der Waals surface area (Å²) in [6, 6.07) is 0. The predicted octanol–water partition coefficient (Wildman–Crippen LogP) is 1.86. The maximum Gasteiger partial charge on any atom is 0.242 e. The average molecular weight is 256 g/mol. The third kappa shape index (κ3) is 1.92. The van der Waals surface area contributed by atoms with E-state index in [4.69, 9.17) is 17.0 Å². The first kappa shape index (κ1) is 11.4. The van der Waals surface area contributed by atoms with E-state index >= 15 is 0 Å². The van der Waals surface area contributed by atoms with Gasteiger partial charge in [0.15, 0.2) is 10.4 Å². The van der Waals surface area contributed by atoms with Gasteiger partial charge in [-0.15, -0.1) is 0 Å². The van der Waals surface area contributed by atoms with E-state index in [1.807, 2.05) is 4.57 Å². The van der Waals surface area contributed by atoms with Crippen molar-refractivity contribution in [2.75, 3.05) is 19.1 Å². The molecule has 0 radical (unpaired) electrons. The minimum atomic E-state index is 0.527. The summed E-state index contributed by atoms with van der Waals surface area (Å²) < 4.78 is 7.77. The van der Waals surface area contributed by atoms with E-state index in [0.29, 0.717) is 10.7 Å². The molecular formula is C9H12N4OS2. The van der Waals surface area contributed by atoms with Crippen LogP contribution in [0.5, 0.6) is 5.88 Å². The number of fused-ring (bicyclic) bond motifs is 1. The maximum absolute atomic E-state index is 5.25. The molecule has 2 rings (SSSR count). The number of nitrogens with zero attached hydrogens (tertiary/aromatic N) is 3. The zero-order valence-electron chi connectivity index (χ0n) is 9.06. The summed E-state index contributed by atoms with van der Waals surface area (Å²) >= 11 is 7.02. The molecule has 16 heavy (non-hydrogen) atoms. The van der Waals surface area contributed by atoms with Crippen molar-refractivity contribution in [2.24, 2.45) is 0 Å². The van der Waals surface area contributed by atoms with Gasteiger partial charge in [0.2, 0.25) is 5.88 Å². The van der Waals surface area contributed by atoms with Crippen LogP contribution in [0, 0.1) is 4.77 Å². The Hall–Kier alpha value is -1.08. The lowest BCUT2D eigenvalue weighted by Crippen LogP contribution is -2.01. The highest BCUT2D eigenvalue weighted by Gasteiger charge is 2.10. The standard InChI is InChI=1S/C9H12N4OS2/c1-14-8-6-7(10-5-11-8)13(3-4-16-2)9(15)12-6/h5H,3-4H2,1-2H3,(H,12,15). The van der Waals surface area contributed by atoms with Crippen LogP contribution in [-0.2, 0) is 6.54 Å². The van der Waals surface area contributed by atoms with Crippen molar-refractivity contribution in [3.8, 4) is 5.88 Å². The zero-order chi connectivity index (χ0) is 11.5. The highest BCUT2D eigenvalue weighted by Crippen LogP contribution is 2.19. The van der Waals surface area contributed by atoms with Gasteiger partial charge in [-0.05, 0) is 18.5 Å². The van der Waals surface area contributed by atoms with Gasteiger partial charge in [-0.3, -0.25) is 0 Å². The molecule has 0 saturated heterocycles. The Morgan fingerprint density at radius 1 is 1.56 bits per heavy atom. The molecule has 86 valence electrons. The lowest BCUT2D eigenvalue weighted by Gasteiger charge is -2.02. The van der Waals surface area contributed by atoms with Gasteiger partial charge in [-0.2, -0.15) is 16.7 Å². The van der Waals surface area contributed by atoms with E-state index < -0.39 is 0 Å². The van der Waals surface area contributed by atoms with Crippen LogP contribution in [-0.4, -0.2) is 38.6 Å². The third-order valence-electron chi connectivity index (χ3n) is 2.24. The fourth-order valence-corrected chi connectivity index (χ4v) is 2.14. The molecule has 0 aliphatic heterocycles. The van der Waals surface area contributed by atoms with Gasteiger partial charge in [0, 0.05) is 12.3 Å². The molecule has 2 heterocycles. The first-order valence-corrected chi connectivity index (χ1v) is 6.54. The first-order valence-electron chi connectivity index (χ1n) is 4.74. The quantitative estimate of drug-likeness (QED) is 0.846. The van der Waals surface area contributed by atoms with E-state index in [2.05, 4.69) is 21.2 Å². The minimum Gasteiger partial charge on any atom is -0.479 e. The van der Waals surface area contributed by atoms with Crippen molar-refractivity contribution in [1.29, 1.82) is 0 Å². The fourth-order valence-electron chi connectivity index (χ4n) is 1.49. The molecule has 7 heteroatoms. The van der Waals surface area contributed by atoms with Crippen molar-refractivity contribution in [3.63, 3.8) is 0 Å². The second-order valence-corrected chi connectivity index (χ2v) is 4.53. The zero-order valence-corrected chi connectivity index (χ0v) is 10.7. The topological polar surface area (TPSA) is 55.7 Å². The van der Waals surface area contributed by atoms with E-state index in [0.717, 1.165) is 23.5 Å². The molecule has 0 fully saturated rings. The second kappa shape index (κ2) is 4.84. The molecule has 0 bridgehead atoms. The van der Waals surface area contributed by atoms with Gasteiger partial charge in [-0.1, -0.05) is 0 Å². The Morgan fingerprint density at radius 3 is 3.06 bits per heavy atom. The molecule has 2 aromatic rings. The fraction of sp³-hybridized carbons (Fsp3) is 0.444. The lowest BCUT2D eigenvalue weighted by molar-refractivity contribution is 0.401. The third-order valence-corrected chi connectivity index (χ3v) is 3.15. The Bertz CT molecular complexity index is 548. The normalized spacial score (nSPS) is 10.9. The lowest BCUT2D eigenvalue weighted by atomic mass is 10.5. The van der Waals surface area contributed by atoms with Crippen LogP contribution in [0.25, 0.3) is 11.2 Å². The van der Waals surface area contributed by atoms with Crippen LogP contribution in [0.3, 0.4) is 0 Å². The molecule has 2 aromatic heterocycles. The van der Waals surface area contributed by atoms with Crippen LogP contribution in [0.15, 0.2) is 6.33 Å². The number of aromatic nitrogens is 4. The largest absolute Gasteiger partial charge is 0.479 e. The number of ether oxygens (including phenoxy) is 1. The summed E-state index contributed by atoms with van der Waals surface area (Å²) in [5.41, 5.74) is 1.56. The van der Waals surface area contributed by atoms with Crippen LogP contribution in [0.4, 0.5) is 0 Å². The smallest absolute Gasteiger partial charge is 0.242 e. The van der Waals surface area contributed by atoms with Crippen molar-refractivity contribution >= 4 is 35.1 Å². The summed E-state index contributed by atoms with van der Waals surface area (Å²) in [7, 11) is 1.58. The molecule has 1 N–H and O–H groups in total. The number of methoxy groups -OCH3 is 1. The Labute approximate surface area is 102 Å². The molecule has 0 aromatic carbocycles. The monoisotopic (exact) mass is 256 g/mol. The predicted molar refractivity (Wildman–Crippen MR) is 67.6 cm³/mol. The molecule has 0 unspecified atom stereocenters. The Kier molecular flexibility index (Phi) is 3.45. The van der Waals surface area contributed by atoms with Crippen LogP contribution < -0.4 is 4.74 Å². The van der Waals surface area contributed by atoms with Crippen molar-refractivity contribution < 1.29 is 4.74 Å². The molecule has 0 spiro atoms. The van der Waals surface area contributed by atoms with E-state index in [-0.39, 0.29) is 0 Å². The summed E-state index contributed by atoms with van der Waals surface area (Å²) in [4.78, 5) is 11.3. The molecule has 5 nitrogen and oxygen atoms in total. The highest BCUT2D eigenvalue weighted by atomic mass is 32.2. The summed E-state index contributed by atoms with van der Waals surface area (Å²) in [6.07, 6.45) is 3.55. The molecule has 0 amide bonds. The van der Waals surface area contributed by atoms with Gasteiger partial charge in [0.1, 0.15) is 11.8 Å². The number of nitrogens with one attached hydrogen (secondary N) is 1. The van der Waals surface area contributed by atoms with E-state index in [9.17, 15) is 0 Å². The molecular weight excluding hydrogens is 244 g/mol. The van der Waals surface area contributed by atoms with E-state index in [1.54, 1.807) is 18.9 Å². The second-order valence-electron chi connectivity index (χ2n) is 3.16. The Morgan fingerprint density at radius 2 is 2.38 bits per heavy atom. The van der Waals surface area contributed by atoms with Crippen LogP contribution in [0.2, 0.25) is 0 Å². The summed E-state index contributed by atoms with van der Waals surface area (Å²) in [5, 5.41) is 0. The van der Waals surface area contributed by atoms with Crippen molar-refractivity contribution in [1.82, 2.24) is 19.5 Å². The van der Waals surface area contributed by atoms with Gasteiger partial charge in [-0.25, -0.2) is 4.98 Å². The number of hydrogen-bond acceptors (Lipinski definition) is 5. The number of hydrogen-bond donors (Lipinski definition) is 1. The van der Waals surface area contributed by atoms with Gasteiger partial charge in [0.25, 0.3) is 0 Å². The number of rotatable bonds is 4. The van der Waals surface area contributed by atoms with Crippen molar-refractivity contribution in [3.05, 3.63) is 11.1 Å². The van der Waals surface area contributed by atoms with Gasteiger partial charge < -0.3 is 14.3 Å². The number of aryl methyl sites for hydroxylation is 1. The SMILES string of the molecule is COc1ncnc2c1[nH]c(=S)n2CCSC. The summed E-state index contributed by atoms with van der Waals surface area (Å²) in [6.45, 7) is 0.833. The number of H-pyrrole nitrogens is 1. The summed E-state index contributed by atoms with van der Waals surface area (Å²) in [5.74, 6) is 1.52. The van der Waals surface area contributed by atoms with E-state index in [1.165, 1.54) is 6.33 Å². The van der Waals surface area contributed by atoms with Gasteiger partial charge in [0.05, 0.1) is 7.11 Å². The average Bonchev–Trinajstić information content (AvgIpc) is 2.62. The molecule has 0 atom stereocenters.